The summed E-state index contributed by atoms with van der Waals surface area (Å²) in [6.45, 7) is 4.56. The first-order chi connectivity index (χ1) is 11.1. The summed E-state index contributed by atoms with van der Waals surface area (Å²) in [6, 6.07) is 14.6. The molecular weight excluding hydrogens is 291 g/mol. The summed E-state index contributed by atoms with van der Waals surface area (Å²) < 4.78 is 13.6. The van der Waals surface area contributed by atoms with Gasteiger partial charge >= 0.3 is 0 Å². The van der Waals surface area contributed by atoms with Crippen LogP contribution >= 0.6 is 0 Å². The lowest BCUT2D eigenvalue weighted by atomic mass is 10.1. The summed E-state index contributed by atoms with van der Waals surface area (Å²) in [7, 11) is 0. The standard InChI is InChI=1S/C19H21FN2O/c1-14-6-8-16(9-7-14)22-11-10-15(13-22)12-21-19(23)17-4-2-3-5-18(17)20/h2-9,15H,10-13H2,1H3,(H,21,23). The third kappa shape index (κ3) is 3.70. The third-order valence-electron chi connectivity index (χ3n) is 4.35. The van der Waals surface area contributed by atoms with Crippen molar-refractivity contribution in [3.05, 3.63) is 65.5 Å². The Bertz CT molecular complexity index is 684. The van der Waals surface area contributed by atoms with Crippen molar-refractivity contribution in [2.75, 3.05) is 24.5 Å². The molecular formula is C19H21FN2O. The maximum absolute atomic E-state index is 13.6. The lowest BCUT2D eigenvalue weighted by molar-refractivity contribution is 0.0944. The molecule has 120 valence electrons. The second-order valence-electron chi connectivity index (χ2n) is 6.13. The predicted molar refractivity (Wildman–Crippen MR) is 90.2 cm³/mol. The first kappa shape index (κ1) is 15.5. The van der Waals surface area contributed by atoms with Gasteiger partial charge < -0.3 is 10.2 Å². The minimum absolute atomic E-state index is 0.112. The number of rotatable bonds is 4. The van der Waals surface area contributed by atoms with Crippen molar-refractivity contribution in [2.24, 2.45) is 5.92 Å². The molecule has 1 aliphatic heterocycles. The summed E-state index contributed by atoms with van der Waals surface area (Å²) in [5, 5.41) is 2.86. The first-order valence-electron chi connectivity index (χ1n) is 7.98. The maximum Gasteiger partial charge on any atom is 0.254 e. The highest BCUT2D eigenvalue weighted by atomic mass is 19.1. The largest absolute Gasteiger partial charge is 0.371 e. The van der Waals surface area contributed by atoms with E-state index in [1.54, 1.807) is 12.1 Å². The highest BCUT2D eigenvalue weighted by molar-refractivity contribution is 5.94. The van der Waals surface area contributed by atoms with Gasteiger partial charge in [-0.15, -0.1) is 0 Å². The van der Waals surface area contributed by atoms with Crippen LogP contribution in [0.4, 0.5) is 10.1 Å². The molecule has 1 aliphatic rings. The SMILES string of the molecule is Cc1ccc(N2CCC(CNC(=O)c3ccccc3F)C2)cc1. The van der Waals surface area contributed by atoms with Gasteiger partial charge in [0.2, 0.25) is 0 Å². The Balaban J connectivity index is 1.53. The van der Waals surface area contributed by atoms with Gasteiger partial charge in [0.1, 0.15) is 5.82 Å². The molecule has 3 rings (SSSR count). The van der Waals surface area contributed by atoms with Gasteiger partial charge in [0.05, 0.1) is 5.56 Å². The second-order valence-corrected chi connectivity index (χ2v) is 6.13. The molecule has 1 saturated heterocycles. The average molecular weight is 312 g/mol. The maximum atomic E-state index is 13.6. The van der Waals surface area contributed by atoms with Gasteiger partial charge in [-0.05, 0) is 43.5 Å². The molecule has 0 radical (unpaired) electrons. The highest BCUT2D eigenvalue weighted by Crippen LogP contribution is 2.23. The van der Waals surface area contributed by atoms with Gasteiger partial charge in [0.15, 0.2) is 0 Å². The quantitative estimate of drug-likeness (QED) is 0.938. The minimum Gasteiger partial charge on any atom is -0.371 e. The highest BCUT2D eigenvalue weighted by Gasteiger charge is 2.23. The number of benzene rings is 2. The number of nitrogens with zero attached hydrogens (tertiary/aromatic N) is 1. The summed E-state index contributed by atoms with van der Waals surface area (Å²) in [6.07, 6.45) is 1.03. The molecule has 2 aromatic rings. The molecule has 23 heavy (non-hydrogen) atoms. The molecule has 0 aliphatic carbocycles. The molecule has 0 spiro atoms. The summed E-state index contributed by atoms with van der Waals surface area (Å²) in [5.41, 5.74) is 2.58. The molecule has 3 nitrogen and oxygen atoms in total. The summed E-state index contributed by atoms with van der Waals surface area (Å²) in [4.78, 5) is 14.4. The second kappa shape index (κ2) is 6.82. The zero-order chi connectivity index (χ0) is 16.2. The number of amides is 1. The number of anilines is 1. The molecule has 4 heteroatoms. The Morgan fingerprint density at radius 3 is 2.70 bits per heavy atom. The van der Waals surface area contributed by atoms with Gasteiger partial charge in [0.25, 0.3) is 5.91 Å². The van der Waals surface area contributed by atoms with E-state index in [9.17, 15) is 9.18 Å². The van der Waals surface area contributed by atoms with E-state index in [2.05, 4.69) is 41.4 Å². The van der Waals surface area contributed by atoms with E-state index in [0.29, 0.717) is 12.5 Å². The first-order valence-corrected chi connectivity index (χ1v) is 7.98. The average Bonchev–Trinajstić information content (AvgIpc) is 3.03. The van der Waals surface area contributed by atoms with E-state index >= 15 is 0 Å². The number of nitrogens with one attached hydrogen (secondary N) is 1. The summed E-state index contributed by atoms with van der Waals surface area (Å²) in [5.74, 6) is -0.415. The topological polar surface area (TPSA) is 32.3 Å². The van der Waals surface area contributed by atoms with Crippen LogP contribution in [0, 0.1) is 18.7 Å². The van der Waals surface area contributed by atoms with E-state index < -0.39 is 5.82 Å². The fraction of sp³-hybridized carbons (Fsp3) is 0.316. The molecule has 1 amide bonds. The molecule has 0 bridgehead atoms. The number of carbonyl (C=O) groups excluding carboxylic acids is 1. The van der Waals surface area contributed by atoms with Crippen molar-refractivity contribution in [1.82, 2.24) is 5.32 Å². The Morgan fingerprint density at radius 2 is 1.96 bits per heavy atom. The molecule has 0 saturated carbocycles. The Labute approximate surface area is 136 Å². The Morgan fingerprint density at radius 1 is 1.22 bits per heavy atom. The van der Waals surface area contributed by atoms with E-state index in [1.807, 2.05) is 0 Å². The normalized spacial score (nSPS) is 17.3. The Hall–Kier alpha value is -2.36. The van der Waals surface area contributed by atoms with E-state index in [4.69, 9.17) is 0 Å². The van der Waals surface area contributed by atoms with Gasteiger partial charge in [-0.1, -0.05) is 29.8 Å². The molecule has 1 atom stereocenters. The van der Waals surface area contributed by atoms with Crippen molar-refractivity contribution < 1.29 is 9.18 Å². The number of aryl methyl sites for hydroxylation is 1. The van der Waals surface area contributed by atoms with Crippen molar-refractivity contribution in [2.45, 2.75) is 13.3 Å². The van der Waals surface area contributed by atoms with Gasteiger partial charge in [-0.25, -0.2) is 4.39 Å². The number of hydrogen-bond donors (Lipinski definition) is 1. The smallest absolute Gasteiger partial charge is 0.254 e. The Kier molecular flexibility index (Phi) is 4.60. The number of hydrogen-bond acceptors (Lipinski definition) is 2. The van der Waals surface area contributed by atoms with Crippen LogP contribution in [0.1, 0.15) is 22.3 Å². The zero-order valence-corrected chi connectivity index (χ0v) is 13.3. The van der Waals surface area contributed by atoms with Crippen molar-refractivity contribution in [1.29, 1.82) is 0 Å². The number of halogens is 1. The molecule has 1 heterocycles. The lowest BCUT2D eigenvalue weighted by Crippen LogP contribution is -2.31. The van der Waals surface area contributed by atoms with Crippen LogP contribution in [0.3, 0.4) is 0 Å². The number of carbonyl (C=O) groups is 1. The zero-order valence-electron chi connectivity index (χ0n) is 13.3. The van der Waals surface area contributed by atoms with Crippen LogP contribution in [0.2, 0.25) is 0 Å². The fourth-order valence-corrected chi connectivity index (χ4v) is 2.97. The van der Waals surface area contributed by atoms with Crippen LogP contribution in [0.5, 0.6) is 0 Å². The third-order valence-corrected chi connectivity index (χ3v) is 4.35. The molecule has 2 aromatic carbocycles. The van der Waals surface area contributed by atoms with E-state index in [0.717, 1.165) is 19.5 Å². The van der Waals surface area contributed by atoms with E-state index in [1.165, 1.54) is 23.4 Å². The molecule has 1 fully saturated rings. The van der Waals surface area contributed by atoms with Crippen LogP contribution in [-0.4, -0.2) is 25.5 Å². The minimum atomic E-state index is -0.474. The van der Waals surface area contributed by atoms with Crippen LogP contribution < -0.4 is 10.2 Å². The monoisotopic (exact) mass is 312 g/mol. The van der Waals surface area contributed by atoms with Gasteiger partial charge in [0, 0.05) is 25.3 Å². The molecule has 1 unspecified atom stereocenters. The molecule has 0 aromatic heterocycles. The van der Waals surface area contributed by atoms with E-state index in [-0.39, 0.29) is 11.5 Å². The van der Waals surface area contributed by atoms with Crippen molar-refractivity contribution in [3.8, 4) is 0 Å². The summed E-state index contributed by atoms with van der Waals surface area (Å²) >= 11 is 0. The predicted octanol–water partition coefficient (Wildman–Crippen LogP) is 3.39. The van der Waals surface area contributed by atoms with Gasteiger partial charge in [-0.3, -0.25) is 4.79 Å². The van der Waals surface area contributed by atoms with Gasteiger partial charge in [-0.2, -0.15) is 0 Å². The molecule has 1 N–H and O–H groups in total. The van der Waals surface area contributed by atoms with Crippen molar-refractivity contribution >= 4 is 11.6 Å². The fourth-order valence-electron chi connectivity index (χ4n) is 2.97. The van der Waals surface area contributed by atoms with Crippen molar-refractivity contribution in [3.63, 3.8) is 0 Å². The van der Waals surface area contributed by atoms with Crippen LogP contribution in [0.15, 0.2) is 48.5 Å². The lowest BCUT2D eigenvalue weighted by Gasteiger charge is -2.19. The van der Waals surface area contributed by atoms with Crippen LogP contribution in [-0.2, 0) is 0 Å². The van der Waals surface area contributed by atoms with Crippen LogP contribution in [0.25, 0.3) is 0 Å².